The predicted octanol–water partition coefficient (Wildman–Crippen LogP) is 2.08. The summed E-state index contributed by atoms with van der Waals surface area (Å²) in [5.74, 6) is 0.0342. The zero-order valence-corrected chi connectivity index (χ0v) is 16.8. The molecule has 30 heavy (non-hydrogen) atoms. The Hall–Kier alpha value is -3.72. The fourth-order valence-corrected chi connectivity index (χ4v) is 3.12. The number of amides is 1. The minimum Gasteiger partial charge on any atom is -0.395 e. The van der Waals surface area contributed by atoms with Crippen LogP contribution < -0.4 is 11.1 Å². The number of nitrogens with zero attached hydrogens (tertiary/aromatic N) is 5. The second-order valence-electron chi connectivity index (χ2n) is 7.78. The Labute approximate surface area is 173 Å². The number of pyridine rings is 1. The predicted molar refractivity (Wildman–Crippen MR) is 114 cm³/mol. The third kappa shape index (κ3) is 4.01. The van der Waals surface area contributed by atoms with Crippen LogP contribution in [-0.4, -0.2) is 42.0 Å². The summed E-state index contributed by atoms with van der Waals surface area (Å²) in [6.07, 6.45) is 5.28. The van der Waals surface area contributed by atoms with Gasteiger partial charge in [0.25, 0.3) is 0 Å². The number of benzene rings is 1. The van der Waals surface area contributed by atoms with E-state index < -0.39 is 0 Å². The van der Waals surface area contributed by atoms with E-state index in [2.05, 4.69) is 20.5 Å². The van der Waals surface area contributed by atoms with Crippen molar-refractivity contribution in [3.05, 3.63) is 60.6 Å². The first-order valence-electron chi connectivity index (χ1n) is 9.50. The molecule has 0 atom stereocenters. The highest BCUT2D eigenvalue weighted by Gasteiger charge is 2.19. The Balaban J connectivity index is 1.42. The quantitative estimate of drug-likeness (QED) is 0.451. The number of anilines is 2. The Bertz CT molecular complexity index is 1190. The molecule has 3 heterocycles. The van der Waals surface area contributed by atoms with Gasteiger partial charge < -0.3 is 16.2 Å². The molecule has 0 spiro atoms. The molecule has 0 saturated carbocycles. The summed E-state index contributed by atoms with van der Waals surface area (Å²) < 4.78 is 3.18. The number of hydrogen-bond acceptors (Lipinski definition) is 6. The molecular weight excluding hydrogens is 382 g/mol. The van der Waals surface area contributed by atoms with E-state index in [-0.39, 0.29) is 30.4 Å². The SMILES string of the molecule is CC(C)(CO)c1ccc(NC(=O)Cn2cc(-c3ccn4nc(N)nc4c3)cn2)cc1. The lowest BCUT2D eigenvalue weighted by atomic mass is 9.85. The van der Waals surface area contributed by atoms with Gasteiger partial charge in [-0.3, -0.25) is 9.48 Å². The van der Waals surface area contributed by atoms with E-state index in [0.29, 0.717) is 11.3 Å². The Morgan fingerprint density at radius 2 is 1.97 bits per heavy atom. The number of aliphatic hydroxyl groups excluding tert-OH is 1. The van der Waals surface area contributed by atoms with Gasteiger partial charge in [-0.2, -0.15) is 10.1 Å². The highest BCUT2D eigenvalue weighted by atomic mass is 16.3. The first-order valence-corrected chi connectivity index (χ1v) is 9.50. The molecule has 0 fully saturated rings. The normalized spacial score (nSPS) is 11.7. The molecule has 9 nitrogen and oxygen atoms in total. The topological polar surface area (TPSA) is 123 Å². The highest BCUT2D eigenvalue weighted by molar-refractivity contribution is 5.90. The largest absolute Gasteiger partial charge is 0.395 e. The lowest BCUT2D eigenvalue weighted by Crippen LogP contribution is -2.22. The van der Waals surface area contributed by atoms with Crippen LogP contribution in [0.15, 0.2) is 55.0 Å². The first-order chi connectivity index (χ1) is 14.3. The standard InChI is InChI=1S/C21H23N7O2/c1-21(2,13-29)16-3-5-17(6-4-16)24-19(30)12-27-11-15(10-23-27)14-7-8-28-18(9-14)25-20(22)26-28/h3-11,29H,12-13H2,1-2H3,(H2,22,26)(H,24,30). The van der Waals surface area contributed by atoms with Crippen molar-refractivity contribution in [1.29, 1.82) is 0 Å². The van der Waals surface area contributed by atoms with E-state index in [1.54, 1.807) is 27.8 Å². The summed E-state index contributed by atoms with van der Waals surface area (Å²) >= 11 is 0. The number of carbonyl (C=O) groups excluding carboxylic acids is 1. The van der Waals surface area contributed by atoms with Crippen LogP contribution in [0.4, 0.5) is 11.6 Å². The molecule has 0 unspecified atom stereocenters. The molecule has 4 aromatic rings. The van der Waals surface area contributed by atoms with Crippen LogP contribution in [0.1, 0.15) is 19.4 Å². The van der Waals surface area contributed by atoms with E-state index in [4.69, 9.17) is 5.73 Å². The van der Waals surface area contributed by atoms with Crippen LogP contribution in [0.3, 0.4) is 0 Å². The van der Waals surface area contributed by atoms with E-state index in [1.807, 2.05) is 50.2 Å². The van der Waals surface area contributed by atoms with Gasteiger partial charge in [0, 0.05) is 29.1 Å². The average Bonchev–Trinajstić information content (AvgIpc) is 3.33. The molecule has 1 amide bonds. The molecule has 0 aliphatic carbocycles. The highest BCUT2D eigenvalue weighted by Crippen LogP contribution is 2.24. The number of nitrogens with one attached hydrogen (secondary N) is 1. The van der Waals surface area contributed by atoms with Crippen molar-refractivity contribution in [1.82, 2.24) is 24.4 Å². The van der Waals surface area contributed by atoms with Gasteiger partial charge in [0.15, 0.2) is 5.65 Å². The van der Waals surface area contributed by atoms with Crippen LogP contribution in [0.2, 0.25) is 0 Å². The van der Waals surface area contributed by atoms with Gasteiger partial charge in [-0.1, -0.05) is 26.0 Å². The van der Waals surface area contributed by atoms with Gasteiger partial charge >= 0.3 is 0 Å². The van der Waals surface area contributed by atoms with Crippen molar-refractivity contribution in [2.45, 2.75) is 25.8 Å². The molecule has 154 valence electrons. The second kappa shape index (κ2) is 7.60. The lowest BCUT2D eigenvalue weighted by Gasteiger charge is -2.22. The Morgan fingerprint density at radius 1 is 1.20 bits per heavy atom. The fourth-order valence-electron chi connectivity index (χ4n) is 3.12. The Morgan fingerprint density at radius 3 is 2.70 bits per heavy atom. The monoisotopic (exact) mass is 405 g/mol. The zero-order chi connectivity index (χ0) is 21.3. The Kier molecular flexibility index (Phi) is 4.96. The maximum Gasteiger partial charge on any atom is 0.246 e. The lowest BCUT2D eigenvalue weighted by molar-refractivity contribution is -0.116. The summed E-state index contributed by atoms with van der Waals surface area (Å²) in [4.78, 5) is 16.5. The van der Waals surface area contributed by atoms with Gasteiger partial charge in [0.05, 0.1) is 12.8 Å². The van der Waals surface area contributed by atoms with Crippen molar-refractivity contribution in [2.24, 2.45) is 0 Å². The minimum atomic E-state index is -0.324. The fraction of sp³-hybridized carbons (Fsp3) is 0.238. The van der Waals surface area contributed by atoms with Crippen molar-refractivity contribution < 1.29 is 9.90 Å². The van der Waals surface area contributed by atoms with Crippen molar-refractivity contribution in [2.75, 3.05) is 17.7 Å². The van der Waals surface area contributed by atoms with Crippen LogP contribution in [0, 0.1) is 0 Å². The van der Waals surface area contributed by atoms with Gasteiger partial charge in [-0.15, -0.1) is 5.10 Å². The smallest absolute Gasteiger partial charge is 0.246 e. The van der Waals surface area contributed by atoms with E-state index >= 15 is 0 Å². The minimum absolute atomic E-state index is 0.0533. The van der Waals surface area contributed by atoms with Crippen molar-refractivity contribution in [3.8, 4) is 11.1 Å². The number of fused-ring (bicyclic) bond motifs is 1. The van der Waals surface area contributed by atoms with E-state index in [9.17, 15) is 9.90 Å². The number of hydrogen-bond donors (Lipinski definition) is 3. The third-order valence-electron chi connectivity index (χ3n) is 4.97. The summed E-state index contributed by atoms with van der Waals surface area (Å²) in [7, 11) is 0. The van der Waals surface area contributed by atoms with E-state index in [1.165, 1.54) is 0 Å². The third-order valence-corrected chi connectivity index (χ3v) is 4.97. The summed E-state index contributed by atoms with van der Waals surface area (Å²) in [5.41, 5.74) is 9.41. The molecule has 0 saturated heterocycles. The number of nitrogens with two attached hydrogens (primary N) is 1. The van der Waals surface area contributed by atoms with Gasteiger partial charge in [0.1, 0.15) is 6.54 Å². The van der Waals surface area contributed by atoms with Crippen LogP contribution in [-0.2, 0) is 16.8 Å². The molecule has 0 bridgehead atoms. The zero-order valence-electron chi connectivity index (χ0n) is 16.8. The molecular formula is C21H23N7O2. The summed E-state index contributed by atoms with van der Waals surface area (Å²) in [5, 5.41) is 20.7. The first kappa shape index (κ1) is 19.6. The molecule has 4 rings (SSSR count). The van der Waals surface area contributed by atoms with Gasteiger partial charge in [-0.25, -0.2) is 4.52 Å². The summed E-state index contributed by atoms with van der Waals surface area (Å²) in [6, 6.07) is 11.2. The number of carbonyl (C=O) groups is 1. The van der Waals surface area contributed by atoms with Crippen molar-refractivity contribution in [3.63, 3.8) is 0 Å². The second-order valence-corrected chi connectivity index (χ2v) is 7.78. The molecule has 0 aliphatic rings. The average molecular weight is 405 g/mol. The van der Waals surface area contributed by atoms with Crippen LogP contribution in [0.25, 0.3) is 16.8 Å². The number of aromatic nitrogens is 5. The van der Waals surface area contributed by atoms with Gasteiger partial charge in [0.2, 0.25) is 11.9 Å². The number of aliphatic hydroxyl groups is 1. The molecule has 0 aliphatic heterocycles. The molecule has 3 aromatic heterocycles. The maximum absolute atomic E-state index is 12.4. The van der Waals surface area contributed by atoms with Gasteiger partial charge in [-0.05, 0) is 35.4 Å². The van der Waals surface area contributed by atoms with Crippen LogP contribution >= 0.6 is 0 Å². The summed E-state index contributed by atoms with van der Waals surface area (Å²) in [6.45, 7) is 4.07. The number of nitrogen functional groups attached to an aromatic ring is 1. The molecule has 9 heteroatoms. The molecule has 4 N–H and O–H groups in total. The van der Waals surface area contributed by atoms with Crippen molar-refractivity contribution >= 4 is 23.2 Å². The maximum atomic E-state index is 12.4. The molecule has 1 aromatic carbocycles. The van der Waals surface area contributed by atoms with Crippen LogP contribution in [0.5, 0.6) is 0 Å². The number of rotatable bonds is 6. The molecule has 0 radical (unpaired) electrons. The van der Waals surface area contributed by atoms with E-state index in [0.717, 1.165) is 16.7 Å².